The Hall–Kier alpha value is -2.96. The summed E-state index contributed by atoms with van der Waals surface area (Å²) < 4.78 is 1.57. The number of fused-ring (bicyclic) bond motifs is 1. The molecule has 2 aromatic heterocycles. The van der Waals surface area contributed by atoms with Gasteiger partial charge in [0.2, 0.25) is 5.91 Å². The molecule has 3 aromatic rings. The van der Waals surface area contributed by atoms with Crippen molar-refractivity contribution in [1.82, 2.24) is 24.9 Å². The minimum absolute atomic E-state index is 0.0705. The molecule has 0 unspecified atom stereocenters. The van der Waals surface area contributed by atoms with Crippen LogP contribution in [0.3, 0.4) is 0 Å². The summed E-state index contributed by atoms with van der Waals surface area (Å²) in [7, 11) is 4.05. The monoisotopic (exact) mass is 338 g/mol. The number of benzene rings is 1. The van der Waals surface area contributed by atoms with Crippen LogP contribution in [0.15, 0.2) is 42.7 Å². The van der Waals surface area contributed by atoms with Crippen molar-refractivity contribution in [2.45, 2.75) is 19.3 Å². The lowest BCUT2D eigenvalue weighted by molar-refractivity contribution is -0.120. The van der Waals surface area contributed by atoms with Gasteiger partial charge in [0, 0.05) is 38.7 Å². The third-order valence-electron chi connectivity index (χ3n) is 3.90. The van der Waals surface area contributed by atoms with Gasteiger partial charge in [-0.3, -0.25) is 4.79 Å². The van der Waals surface area contributed by atoms with Gasteiger partial charge in [0.05, 0.1) is 6.42 Å². The molecule has 0 aliphatic carbocycles. The van der Waals surface area contributed by atoms with Crippen LogP contribution in [0.1, 0.15) is 17.8 Å². The lowest BCUT2D eigenvalue weighted by atomic mass is 10.1. The highest BCUT2D eigenvalue weighted by Crippen LogP contribution is 2.13. The molecule has 1 N–H and O–H groups in total. The summed E-state index contributed by atoms with van der Waals surface area (Å²) in [5, 5.41) is 7.15. The van der Waals surface area contributed by atoms with Crippen molar-refractivity contribution < 1.29 is 4.79 Å². The fraction of sp³-hybridized carbons (Fsp3) is 0.333. The van der Waals surface area contributed by atoms with Crippen LogP contribution in [-0.4, -0.2) is 46.1 Å². The Balaban J connectivity index is 1.41. The fourth-order valence-electron chi connectivity index (χ4n) is 2.54. The van der Waals surface area contributed by atoms with Crippen LogP contribution in [0, 0.1) is 0 Å². The van der Waals surface area contributed by atoms with E-state index < -0.39 is 0 Å². The van der Waals surface area contributed by atoms with E-state index in [0.717, 1.165) is 12.8 Å². The number of carbonyl (C=O) groups is 1. The molecular formula is C18H22N6O. The van der Waals surface area contributed by atoms with E-state index >= 15 is 0 Å². The number of aryl methyl sites for hydroxylation is 1. The van der Waals surface area contributed by atoms with E-state index in [9.17, 15) is 4.79 Å². The van der Waals surface area contributed by atoms with E-state index in [1.807, 2.05) is 14.1 Å². The van der Waals surface area contributed by atoms with Crippen molar-refractivity contribution in [3.8, 4) is 0 Å². The minimum atomic E-state index is -0.0705. The Morgan fingerprint density at radius 3 is 2.76 bits per heavy atom. The largest absolute Gasteiger partial charge is 0.378 e. The predicted octanol–water partition coefficient (Wildman–Crippen LogP) is 1.48. The first-order valence-electron chi connectivity index (χ1n) is 8.31. The van der Waals surface area contributed by atoms with E-state index in [4.69, 9.17) is 0 Å². The number of anilines is 1. The van der Waals surface area contributed by atoms with E-state index in [1.54, 1.807) is 23.0 Å². The lowest BCUT2D eigenvalue weighted by Gasteiger charge is -2.12. The predicted molar refractivity (Wildman–Crippen MR) is 96.6 cm³/mol. The molecule has 0 atom stereocenters. The Bertz CT molecular complexity index is 807. The van der Waals surface area contributed by atoms with Crippen molar-refractivity contribution in [1.29, 1.82) is 0 Å². The fourth-order valence-corrected chi connectivity index (χ4v) is 2.54. The van der Waals surface area contributed by atoms with Gasteiger partial charge in [-0.05, 0) is 36.6 Å². The van der Waals surface area contributed by atoms with Gasteiger partial charge in [-0.2, -0.15) is 4.98 Å². The average Bonchev–Trinajstić information content (AvgIpc) is 3.01. The minimum Gasteiger partial charge on any atom is -0.378 e. The summed E-state index contributed by atoms with van der Waals surface area (Å²) in [6.07, 6.45) is 5.41. The van der Waals surface area contributed by atoms with Crippen LogP contribution in [0.25, 0.3) is 5.78 Å². The lowest BCUT2D eigenvalue weighted by Crippen LogP contribution is -2.26. The molecule has 0 saturated carbocycles. The molecule has 2 heterocycles. The molecule has 25 heavy (non-hydrogen) atoms. The second-order valence-corrected chi connectivity index (χ2v) is 6.08. The first-order chi connectivity index (χ1) is 12.1. The number of aromatic nitrogens is 4. The molecule has 0 aliphatic heterocycles. The van der Waals surface area contributed by atoms with E-state index in [0.29, 0.717) is 18.1 Å². The van der Waals surface area contributed by atoms with Crippen LogP contribution in [-0.2, 0) is 17.6 Å². The summed E-state index contributed by atoms with van der Waals surface area (Å²) >= 11 is 0. The van der Waals surface area contributed by atoms with Crippen molar-refractivity contribution in [2.75, 3.05) is 25.5 Å². The van der Waals surface area contributed by atoms with Crippen LogP contribution in [0.5, 0.6) is 0 Å². The van der Waals surface area contributed by atoms with Crippen molar-refractivity contribution in [3.05, 3.63) is 54.1 Å². The Labute approximate surface area is 146 Å². The van der Waals surface area contributed by atoms with Gasteiger partial charge in [0.25, 0.3) is 5.78 Å². The molecule has 0 saturated heterocycles. The average molecular weight is 338 g/mol. The number of nitrogens with one attached hydrogen (secondary N) is 1. The first-order valence-corrected chi connectivity index (χ1v) is 8.31. The van der Waals surface area contributed by atoms with Crippen molar-refractivity contribution >= 4 is 17.4 Å². The van der Waals surface area contributed by atoms with E-state index in [-0.39, 0.29) is 12.3 Å². The highest BCUT2D eigenvalue weighted by molar-refractivity contribution is 5.77. The number of amides is 1. The summed E-state index contributed by atoms with van der Waals surface area (Å²) in [6, 6.07) is 10.3. The molecule has 7 nitrogen and oxygen atoms in total. The van der Waals surface area contributed by atoms with Gasteiger partial charge in [0.1, 0.15) is 0 Å². The van der Waals surface area contributed by atoms with Crippen LogP contribution < -0.4 is 10.2 Å². The third-order valence-corrected chi connectivity index (χ3v) is 3.90. The molecule has 0 radical (unpaired) electrons. The van der Waals surface area contributed by atoms with Crippen LogP contribution in [0.2, 0.25) is 0 Å². The van der Waals surface area contributed by atoms with Crippen LogP contribution in [0.4, 0.5) is 5.69 Å². The zero-order valence-electron chi connectivity index (χ0n) is 14.5. The van der Waals surface area contributed by atoms with Crippen molar-refractivity contribution in [3.63, 3.8) is 0 Å². The van der Waals surface area contributed by atoms with Crippen molar-refractivity contribution in [2.24, 2.45) is 0 Å². The van der Waals surface area contributed by atoms with Gasteiger partial charge >= 0.3 is 0 Å². The molecule has 7 heteroatoms. The van der Waals surface area contributed by atoms with Gasteiger partial charge in [-0.1, -0.05) is 12.1 Å². The highest BCUT2D eigenvalue weighted by atomic mass is 16.1. The molecule has 0 spiro atoms. The van der Waals surface area contributed by atoms with Gasteiger partial charge < -0.3 is 10.2 Å². The Morgan fingerprint density at radius 2 is 2.04 bits per heavy atom. The second kappa shape index (κ2) is 7.74. The molecular weight excluding hydrogens is 316 g/mol. The maximum absolute atomic E-state index is 12.0. The Kier molecular flexibility index (Phi) is 5.23. The molecule has 3 rings (SSSR count). The number of rotatable bonds is 7. The number of hydrogen-bond donors (Lipinski definition) is 1. The van der Waals surface area contributed by atoms with E-state index in [2.05, 4.69) is 49.5 Å². The number of hydrogen-bond acceptors (Lipinski definition) is 5. The molecule has 0 fully saturated rings. The summed E-state index contributed by atoms with van der Waals surface area (Å²) in [5.41, 5.74) is 2.46. The normalized spacial score (nSPS) is 10.8. The standard InChI is InChI=1S/C18H22N6O/c1-23(2)15-8-6-14(7-9-15)5-3-10-19-17(25)13-16-21-18-20-11-4-12-24(18)22-16/h4,6-9,11-12H,3,5,10,13H2,1-2H3,(H,19,25). The molecule has 130 valence electrons. The zero-order chi connectivity index (χ0) is 17.6. The quantitative estimate of drug-likeness (QED) is 0.661. The van der Waals surface area contributed by atoms with Gasteiger partial charge in [0.15, 0.2) is 5.82 Å². The smallest absolute Gasteiger partial charge is 0.252 e. The van der Waals surface area contributed by atoms with E-state index in [1.165, 1.54) is 11.3 Å². The number of nitrogens with zero attached hydrogens (tertiary/aromatic N) is 5. The maximum atomic E-state index is 12.0. The first kappa shape index (κ1) is 16.9. The van der Waals surface area contributed by atoms with Crippen LogP contribution >= 0.6 is 0 Å². The van der Waals surface area contributed by atoms with Gasteiger partial charge in [-0.15, -0.1) is 5.10 Å². The number of carbonyl (C=O) groups excluding carboxylic acids is 1. The topological polar surface area (TPSA) is 75.4 Å². The Morgan fingerprint density at radius 1 is 1.24 bits per heavy atom. The highest BCUT2D eigenvalue weighted by Gasteiger charge is 2.09. The molecule has 0 bridgehead atoms. The molecule has 0 aliphatic rings. The zero-order valence-corrected chi connectivity index (χ0v) is 14.5. The third kappa shape index (κ3) is 4.53. The summed E-state index contributed by atoms with van der Waals surface area (Å²) in [5.74, 6) is 0.917. The summed E-state index contributed by atoms with van der Waals surface area (Å²) in [6.45, 7) is 0.639. The molecule has 1 amide bonds. The SMILES string of the molecule is CN(C)c1ccc(CCCNC(=O)Cc2nc3ncccn3n2)cc1. The maximum Gasteiger partial charge on any atom is 0.252 e. The van der Waals surface area contributed by atoms with Gasteiger partial charge in [-0.25, -0.2) is 9.50 Å². The molecule has 1 aromatic carbocycles. The second-order valence-electron chi connectivity index (χ2n) is 6.08. The summed E-state index contributed by atoms with van der Waals surface area (Å²) in [4.78, 5) is 22.4.